The Bertz CT molecular complexity index is 1110. The van der Waals surface area contributed by atoms with Crippen LogP contribution in [-0.2, 0) is 23.2 Å². The minimum Gasteiger partial charge on any atom is -0.471 e. The number of nitrogens with zero attached hydrogens (tertiary/aromatic N) is 5. The molecule has 0 aromatic carbocycles. The molecule has 3 aromatic heterocycles. The third-order valence-corrected chi connectivity index (χ3v) is 4.97. The van der Waals surface area contributed by atoms with Crippen molar-refractivity contribution in [3.05, 3.63) is 48.2 Å². The summed E-state index contributed by atoms with van der Waals surface area (Å²) in [6.07, 6.45) is 2.49. The van der Waals surface area contributed by atoms with Gasteiger partial charge in [-0.25, -0.2) is 9.18 Å². The van der Waals surface area contributed by atoms with Gasteiger partial charge in [0.05, 0.1) is 24.2 Å². The van der Waals surface area contributed by atoms with Gasteiger partial charge in [-0.2, -0.15) is 4.98 Å². The van der Waals surface area contributed by atoms with Gasteiger partial charge in [0.2, 0.25) is 11.8 Å². The van der Waals surface area contributed by atoms with Crippen LogP contribution >= 0.6 is 0 Å². The molecule has 0 bridgehead atoms. The number of pyridine rings is 2. The summed E-state index contributed by atoms with van der Waals surface area (Å²) in [4.78, 5) is 36.2. The first kappa shape index (κ1) is 20.6. The lowest BCUT2D eigenvalue weighted by molar-refractivity contribution is -0.120. The molecule has 0 aliphatic carbocycles. The molecular formula is C21H22FN5O4. The number of aryl methyl sites for hydroxylation is 1. The molecule has 162 valence electrons. The topological polar surface area (TPSA) is 89.8 Å². The summed E-state index contributed by atoms with van der Waals surface area (Å²) in [6, 6.07) is 6.44. The van der Waals surface area contributed by atoms with E-state index in [0.29, 0.717) is 30.3 Å². The van der Waals surface area contributed by atoms with Crippen molar-refractivity contribution in [2.24, 2.45) is 7.05 Å². The molecule has 0 saturated carbocycles. The maximum Gasteiger partial charge on any atom is 0.410 e. The first-order valence-electron chi connectivity index (χ1n) is 9.87. The zero-order valence-corrected chi connectivity index (χ0v) is 17.2. The standard InChI is InChI=1S/C21H22FN5O4/c1-3-30-21(29)26-8-9-27(19(28)12-26)17-11-25(2)20-16(17)6-7-18(24-20)31-13-15-5-4-14(22)10-23-15/h4-7,10-11H,3,8-9,12-13H2,1-2H3. The van der Waals surface area contributed by atoms with Crippen LogP contribution in [0, 0.1) is 5.82 Å². The maximum absolute atomic E-state index is 13.0. The van der Waals surface area contributed by atoms with Crippen LogP contribution in [0.1, 0.15) is 12.6 Å². The van der Waals surface area contributed by atoms with E-state index in [1.165, 1.54) is 11.0 Å². The summed E-state index contributed by atoms with van der Waals surface area (Å²) in [5.41, 5.74) is 1.96. The molecule has 0 atom stereocenters. The second-order valence-corrected chi connectivity index (χ2v) is 7.07. The number of fused-ring (bicyclic) bond motifs is 1. The van der Waals surface area contributed by atoms with Gasteiger partial charge in [-0.05, 0) is 25.1 Å². The highest BCUT2D eigenvalue weighted by Gasteiger charge is 2.30. The number of hydrogen-bond donors (Lipinski definition) is 0. The molecule has 4 rings (SSSR count). The summed E-state index contributed by atoms with van der Waals surface area (Å²) < 4.78 is 25.5. The van der Waals surface area contributed by atoms with Crippen molar-refractivity contribution < 1.29 is 23.5 Å². The first-order valence-corrected chi connectivity index (χ1v) is 9.87. The van der Waals surface area contributed by atoms with Gasteiger partial charge in [0.1, 0.15) is 24.6 Å². The van der Waals surface area contributed by atoms with Gasteiger partial charge in [0, 0.05) is 37.8 Å². The van der Waals surface area contributed by atoms with Gasteiger partial charge in [0.25, 0.3) is 0 Å². The number of anilines is 1. The van der Waals surface area contributed by atoms with Crippen LogP contribution in [0.2, 0.25) is 0 Å². The fraction of sp³-hybridized carbons (Fsp3) is 0.333. The monoisotopic (exact) mass is 427 g/mol. The van der Waals surface area contributed by atoms with Crippen LogP contribution in [-0.4, -0.2) is 57.7 Å². The number of carbonyl (C=O) groups excluding carboxylic acids is 2. The molecule has 3 aromatic rings. The molecule has 1 aliphatic rings. The summed E-state index contributed by atoms with van der Waals surface area (Å²) in [5.74, 6) is -0.198. The van der Waals surface area contributed by atoms with Crippen LogP contribution < -0.4 is 9.64 Å². The van der Waals surface area contributed by atoms with Crippen molar-refractivity contribution >= 4 is 28.7 Å². The van der Waals surface area contributed by atoms with Crippen LogP contribution in [0.5, 0.6) is 5.88 Å². The van der Waals surface area contributed by atoms with Crippen LogP contribution in [0.4, 0.5) is 14.9 Å². The lowest BCUT2D eigenvalue weighted by atomic mass is 10.2. The van der Waals surface area contributed by atoms with Gasteiger partial charge >= 0.3 is 6.09 Å². The fourth-order valence-corrected chi connectivity index (χ4v) is 3.45. The summed E-state index contributed by atoms with van der Waals surface area (Å²) in [5, 5.41) is 0.799. The Morgan fingerprint density at radius 2 is 2.06 bits per heavy atom. The summed E-state index contributed by atoms with van der Waals surface area (Å²) in [6.45, 7) is 2.88. The van der Waals surface area contributed by atoms with Crippen molar-refractivity contribution in [1.82, 2.24) is 19.4 Å². The number of rotatable bonds is 5. The van der Waals surface area contributed by atoms with Gasteiger partial charge in [-0.1, -0.05) is 0 Å². The highest BCUT2D eigenvalue weighted by Crippen LogP contribution is 2.30. The molecule has 4 heterocycles. The van der Waals surface area contributed by atoms with E-state index < -0.39 is 11.9 Å². The van der Waals surface area contributed by atoms with Gasteiger partial charge in [0.15, 0.2) is 0 Å². The normalized spacial score (nSPS) is 14.2. The van der Waals surface area contributed by atoms with E-state index >= 15 is 0 Å². The second kappa shape index (κ2) is 8.58. The van der Waals surface area contributed by atoms with Crippen LogP contribution in [0.15, 0.2) is 36.7 Å². The van der Waals surface area contributed by atoms with E-state index in [1.54, 1.807) is 24.0 Å². The molecule has 9 nitrogen and oxygen atoms in total. The van der Waals surface area contributed by atoms with Crippen molar-refractivity contribution in [1.29, 1.82) is 0 Å². The first-order chi connectivity index (χ1) is 15.0. The van der Waals surface area contributed by atoms with E-state index in [4.69, 9.17) is 9.47 Å². The smallest absolute Gasteiger partial charge is 0.410 e. The van der Waals surface area contributed by atoms with Crippen LogP contribution in [0.25, 0.3) is 11.0 Å². The predicted molar refractivity (Wildman–Crippen MR) is 110 cm³/mol. The average molecular weight is 427 g/mol. The Morgan fingerprint density at radius 3 is 2.77 bits per heavy atom. The number of halogens is 1. The van der Waals surface area contributed by atoms with Crippen molar-refractivity contribution in [2.75, 3.05) is 31.1 Å². The molecule has 0 N–H and O–H groups in total. The number of amides is 2. The molecule has 0 unspecified atom stereocenters. The molecule has 1 saturated heterocycles. The molecule has 31 heavy (non-hydrogen) atoms. The Balaban J connectivity index is 1.50. The predicted octanol–water partition coefficient (Wildman–Crippen LogP) is 2.49. The number of piperazine rings is 1. The molecule has 1 fully saturated rings. The SMILES string of the molecule is CCOC(=O)N1CCN(c2cn(C)c3nc(OCc4ccc(F)cn4)ccc23)C(=O)C1. The lowest BCUT2D eigenvalue weighted by Crippen LogP contribution is -2.52. The van der Waals surface area contributed by atoms with E-state index in [9.17, 15) is 14.0 Å². The summed E-state index contributed by atoms with van der Waals surface area (Å²) >= 11 is 0. The highest BCUT2D eigenvalue weighted by atomic mass is 19.1. The number of aromatic nitrogens is 3. The Kier molecular flexibility index (Phi) is 5.70. The number of carbonyl (C=O) groups is 2. The molecule has 10 heteroatoms. The second-order valence-electron chi connectivity index (χ2n) is 7.07. The molecular weight excluding hydrogens is 405 g/mol. The average Bonchev–Trinajstić information content (AvgIpc) is 3.09. The number of hydrogen-bond acceptors (Lipinski definition) is 6. The minimum absolute atomic E-state index is 0.0332. The zero-order valence-electron chi connectivity index (χ0n) is 17.2. The Morgan fingerprint density at radius 1 is 1.23 bits per heavy atom. The minimum atomic E-state index is -0.479. The third kappa shape index (κ3) is 4.27. The van der Waals surface area contributed by atoms with Crippen molar-refractivity contribution in [3.8, 4) is 5.88 Å². The lowest BCUT2D eigenvalue weighted by Gasteiger charge is -2.33. The van der Waals surface area contributed by atoms with E-state index in [2.05, 4.69) is 9.97 Å². The largest absolute Gasteiger partial charge is 0.471 e. The van der Waals surface area contributed by atoms with Gasteiger partial charge in [-0.15, -0.1) is 0 Å². The summed E-state index contributed by atoms with van der Waals surface area (Å²) in [7, 11) is 1.84. The maximum atomic E-state index is 13.0. The quantitative estimate of drug-likeness (QED) is 0.622. The number of ether oxygens (including phenoxy) is 2. The Hall–Kier alpha value is -3.69. The third-order valence-electron chi connectivity index (χ3n) is 4.97. The highest BCUT2D eigenvalue weighted by molar-refractivity contribution is 6.04. The zero-order chi connectivity index (χ0) is 22.0. The molecule has 2 amide bonds. The van der Waals surface area contributed by atoms with Gasteiger partial charge in [-0.3, -0.25) is 14.7 Å². The fourth-order valence-electron chi connectivity index (χ4n) is 3.45. The van der Waals surface area contributed by atoms with Gasteiger partial charge < -0.3 is 18.9 Å². The molecule has 1 aliphatic heterocycles. The van der Waals surface area contributed by atoms with Crippen molar-refractivity contribution in [3.63, 3.8) is 0 Å². The van der Waals surface area contributed by atoms with E-state index in [0.717, 1.165) is 17.3 Å². The van der Waals surface area contributed by atoms with E-state index in [1.807, 2.05) is 23.9 Å². The molecule has 0 radical (unpaired) electrons. The van der Waals surface area contributed by atoms with Crippen LogP contribution in [0.3, 0.4) is 0 Å². The molecule has 0 spiro atoms. The van der Waals surface area contributed by atoms with Crippen molar-refractivity contribution in [2.45, 2.75) is 13.5 Å². The van der Waals surface area contributed by atoms with E-state index in [-0.39, 0.29) is 25.7 Å². The Labute approximate surface area is 178 Å².